The summed E-state index contributed by atoms with van der Waals surface area (Å²) in [6.45, 7) is 3.69. The first-order valence-electron chi connectivity index (χ1n) is 7.43. The number of hydrogen-bond donors (Lipinski definition) is 1. The highest BCUT2D eigenvalue weighted by Crippen LogP contribution is 2.12. The average molecular weight is 306 g/mol. The van der Waals surface area contributed by atoms with Crippen molar-refractivity contribution in [2.24, 2.45) is 5.73 Å². The van der Waals surface area contributed by atoms with Crippen LogP contribution in [-0.4, -0.2) is 55.2 Å². The second-order valence-corrected chi connectivity index (χ2v) is 5.30. The van der Waals surface area contributed by atoms with Gasteiger partial charge in [-0.15, -0.1) is 0 Å². The SMILES string of the molecule is CC(O[C@@H](Cc1ccccc1)C(=O)N1CCOCC1)C(N)=O. The van der Waals surface area contributed by atoms with E-state index in [0.29, 0.717) is 32.7 Å². The largest absolute Gasteiger partial charge is 0.378 e. The Morgan fingerprint density at radius 1 is 1.27 bits per heavy atom. The summed E-state index contributed by atoms with van der Waals surface area (Å²) < 4.78 is 10.9. The predicted octanol–water partition coefficient (Wildman–Crippen LogP) is 0.347. The second-order valence-electron chi connectivity index (χ2n) is 5.30. The standard InChI is InChI=1S/C16H22N2O4/c1-12(15(17)19)22-14(11-13-5-3-2-4-6-13)16(20)18-7-9-21-10-8-18/h2-6,12,14H,7-11H2,1H3,(H2,17,19)/t12?,14-/m0/s1. The van der Waals surface area contributed by atoms with E-state index in [1.165, 1.54) is 0 Å². The molecular weight excluding hydrogens is 284 g/mol. The number of primary amides is 1. The zero-order valence-corrected chi connectivity index (χ0v) is 12.7. The van der Waals surface area contributed by atoms with Gasteiger partial charge in [-0.25, -0.2) is 0 Å². The van der Waals surface area contributed by atoms with Gasteiger partial charge in [-0.2, -0.15) is 0 Å². The highest BCUT2D eigenvalue weighted by atomic mass is 16.5. The summed E-state index contributed by atoms with van der Waals surface area (Å²) in [6, 6.07) is 9.58. The number of carbonyl (C=O) groups is 2. The molecule has 0 radical (unpaired) electrons. The number of hydrogen-bond acceptors (Lipinski definition) is 4. The van der Waals surface area contributed by atoms with Crippen LogP contribution in [0.5, 0.6) is 0 Å². The van der Waals surface area contributed by atoms with Crippen molar-refractivity contribution in [2.45, 2.75) is 25.6 Å². The first-order chi connectivity index (χ1) is 10.6. The number of rotatable bonds is 6. The zero-order chi connectivity index (χ0) is 15.9. The maximum atomic E-state index is 12.7. The molecule has 1 heterocycles. The van der Waals surface area contributed by atoms with Crippen LogP contribution in [0.2, 0.25) is 0 Å². The van der Waals surface area contributed by atoms with E-state index >= 15 is 0 Å². The highest BCUT2D eigenvalue weighted by molar-refractivity contribution is 5.83. The molecular formula is C16H22N2O4. The van der Waals surface area contributed by atoms with E-state index in [0.717, 1.165) is 5.56 Å². The van der Waals surface area contributed by atoms with Crippen LogP contribution < -0.4 is 5.73 Å². The van der Waals surface area contributed by atoms with Crippen LogP contribution >= 0.6 is 0 Å². The van der Waals surface area contributed by atoms with Crippen molar-refractivity contribution in [3.63, 3.8) is 0 Å². The maximum absolute atomic E-state index is 12.7. The van der Waals surface area contributed by atoms with Gasteiger partial charge in [-0.3, -0.25) is 9.59 Å². The molecule has 0 aromatic heterocycles. The first-order valence-corrected chi connectivity index (χ1v) is 7.43. The lowest BCUT2D eigenvalue weighted by atomic mass is 10.1. The van der Waals surface area contributed by atoms with Crippen LogP contribution in [0.4, 0.5) is 0 Å². The summed E-state index contributed by atoms with van der Waals surface area (Å²) in [6.07, 6.45) is -1.11. The molecule has 1 aromatic rings. The van der Waals surface area contributed by atoms with Gasteiger partial charge in [0.25, 0.3) is 5.91 Å². The third kappa shape index (κ3) is 4.54. The minimum Gasteiger partial charge on any atom is -0.378 e. The molecule has 2 atom stereocenters. The van der Waals surface area contributed by atoms with E-state index < -0.39 is 18.1 Å². The molecule has 2 N–H and O–H groups in total. The zero-order valence-electron chi connectivity index (χ0n) is 12.7. The van der Waals surface area contributed by atoms with Crippen molar-refractivity contribution < 1.29 is 19.1 Å². The third-order valence-corrected chi connectivity index (χ3v) is 3.63. The summed E-state index contributed by atoms with van der Waals surface area (Å²) in [5, 5.41) is 0. The van der Waals surface area contributed by atoms with Crippen molar-refractivity contribution in [1.82, 2.24) is 4.90 Å². The van der Waals surface area contributed by atoms with Crippen molar-refractivity contribution in [3.05, 3.63) is 35.9 Å². The summed E-state index contributed by atoms with van der Waals surface area (Å²) >= 11 is 0. The molecule has 0 aliphatic carbocycles. The van der Waals surface area contributed by atoms with Gasteiger partial charge >= 0.3 is 0 Å². The third-order valence-electron chi connectivity index (χ3n) is 3.63. The molecule has 0 spiro atoms. The van der Waals surface area contributed by atoms with Crippen LogP contribution in [0.15, 0.2) is 30.3 Å². The summed E-state index contributed by atoms with van der Waals surface area (Å²) in [4.78, 5) is 25.6. The fraction of sp³-hybridized carbons (Fsp3) is 0.500. The van der Waals surface area contributed by atoms with Crippen molar-refractivity contribution in [2.75, 3.05) is 26.3 Å². The van der Waals surface area contributed by atoms with Crippen molar-refractivity contribution >= 4 is 11.8 Å². The van der Waals surface area contributed by atoms with Gasteiger partial charge in [0.15, 0.2) is 0 Å². The molecule has 2 rings (SSSR count). The van der Waals surface area contributed by atoms with Gasteiger partial charge in [-0.1, -0.05) is 30.3 Å². The quantitative estimate of drug-likeness (QED) is 0.822. The lowest BCUT2D eigenvalue weighted by Crippen LogP contribution is -2.48. The van der Waals surface area contributed by atoms with Gasteiger partial charge in [0.1, 0.15) is 12.2 Å². The topological polar surface area (TPSA) is 81.9 Å². The van der Waals surface area contributed by atoms with Gasteiger partial charge in [0, 0.05) is 19.5 Å². The number of carbonyl (C=O) groups excluding carboxylic acids is 2. The Balaban J connectivity index is 2.09. The molecule has 1 aliphatic rings. The molecule has 1 aromatic carbocycles. The lowest BCUT2D eigenvalue weighted by molar-refractivity contribution is -0.154. The van der Waals surface area contributed by atoms with Crippen LogP contribution in [0.1, 0.15) is 12.5 Å². The second kappa shape index (κ2) is 7.91. The number of nitrogens with zero attached hydrogens (tertiary/aromatic N) is 1. The Labute approximate surface area is 130 Å². The van der Waals surface area contributed by atoms with Gasteiger partial charge in [-0.05, 0) is 12.5 Å². The smallest absolute Gasteiger partial charge is 0.252 e. The Morgan fingerprint density at radius 2 is 1.91 bits per heavy atom. The minimum atomic E-state index is -0.807. The average Bonchev–Trinajstić information content (AvgIpc) is 2.55. The molecule has 0 saturated carbocycles. The van der Waals surface area contributed by atoms with Crippen molar-refractivity contribution in [3.8, 4) is 0 Å². The van der Waals surface area contributed by atoms with E-state index in [4.69, 9.17) is 15.2 Å². The summed E-state index contributed by atoms with van der Waals surface area (Å²) in [5.41, 5.74) is 6.22. The van der Waals surface area contributed by atoms with Gasteiger partial charge in [0.05, 0.1) is 13.2 Å². The molecule has 1 fully saturated rings. The van der Waals surface area contributed by atoms with Crippen LogP contribution in [0.3, 0.4) is 0 Å². The Hall–Kier alpha value is -1.92. The molecule has 120 valence electrons. The molecule has 1 unspecified atom stereocenters. The monoisotopic (exact) mass is 306 g/mol. The molecule has 6 nitrogen and oxygen atoms in total. The maximum Gasteiger partial charge on any atom is 0.252 e. The van der Waals surface area contributed by atoms with E-state index in [-0.39, 0.29) is 5.91 Å². The number of ether oxygens (including phenoxy) is 2. The molecule has 1 aliphatic heterocycles. The number of morpholine rings is 1. The van der Waals surface area contributed by atoms with Gasteiger partial charge < -0.3 is 20.1 Å². The normalized spacial score (nSPS) is 17.8. The van der Waals surface area contributed by atoms with E-state index in [1.807, 2.05) is 30.3 Å². The van der Waals surface area contributed by atoms with E-state index in [2.05, 4.69) is 0 Å². The highest BCUT2D eigenvalue weighted by Gasteiger charge is 2.29. The molecule has 1 saturated heterocycles. The van der Waals surface area contributed by atoms with Crippen LogP contribution in [0.25, 0.3) is 0 Å². The molecule has 6 heteroatoms. The number of benzene rings is 1. The fourth-order valence-corrected chi connectivity index (χ4v) is 2.32. The van der Waals surface area contributed by atoms with Crippen LogP contribution in [0, 0.1) is 0 Å². The Bertz CT molecular complexity index is 500. The summed E-state index contributed by atoms with van der Waals surface area (Å²) in [5.74, 6) is -0.701. The lowest BCUT2D eigenvalue weighted by Gasteiger charge is -2.31. The van der Waals surface area contributed by atoms with E-state index in [9.17, 15) is 9.59 Å². The number of nitrogens with two attached hydrogens (primary N) is 1. The Morgan fingerprint density at radius 3 is 2.50 bits per heavy atom. The number of amides is 2. The first kappa shape index (κ1) is 16.5. The minimum absolute atomic E-state index is 0.125. The summed E-state index contributed by atoms with van der Waals surface area (Å²) in [7, 11) is 0. The predicted molar refractivity (Wildman–Crippen MR) is 81.1 cm³/mol. The van der Waals surface area contributed by atoms with Crippen LogP contribution in [-0.2, 0) is 25.5 Å². The van der Waals surface area contributed by atoms with Crippen molar-refractivity contribution in [1.29, 1.82) is 0 Å². The Kier molecular flexibility index (Phi) is 5.91. The van der Waals surface area contributed by atoms with Gasteiger partial charge in [0.2, 0.25) is 5.91 Å². The molecule has 22 heavy (non-hydrogen) atoms. The molecule has 2 amide bonds. The fourth-order valence-electron chi connectivity index (χ4n) is 2.32. The van der Waals surface area contributed by atoms with E-state index in [1.54, 1.807) is 11.8 Å². The molecule has 0 bridgehead atoms.